The highest BCUT2D eigenvalue weighted by Gasteiger charge is 2.30. The molecule has 18 heavy (non-hydrogen) atoms. The van der Waals surface area contributed by atoms with E-state index in [0.29, 0.717) is 0 Å². The molecule has 0 aliphatic heterocycles. The summed E-state index contributed by atoms with van der Waals surface area (Å²) in [5, 5.41) is 37.1. The van der Waals surface area contributed by atoms with Crippen molar-refractivity contribution in [3.8, 4) is 0 Å². The van der Waals surface area contributed by atoms with Crippen molar-refractivity contribution in [2.24, 2.45) is 0 Å². The summed E-state index contributed by atoms with van der Waals surface area (Å²) in [5.74, 6) is 0. The number of hydrogen-bond acceptors (Lipinski definition) is 6. The summed E-state index contributed by atoms with van der Waals surface area (Å²) in [4.78, 5) is 10.2. The molecule has 0 heterocycles. The molecule has 6 heteroatoms. The zero-order valence-corrected chi connectivity index (χ0v) is 10.2. The fourth-order valence-corrected chi connectivity index (χ4v) is 1.11. The Kier molecular flexibility index (Phi) is 9.35. The quantitative estimate of drug-likeness (QED) is 0.235. The van der Waals surface area contributed by atoms with Crippen molar-refractivity contribution in [3.05, 3.63) is 24.3 Å². The maximum atomic E-state index is 10.2. The molecule has 4 N–H and O–H groups in total. The van der Waals surface area contributed by atoms with E-state index in [1.807, 2.05) is 13.0 Å². The number of aliphatic hydroxyl groups is 4. The molecule has 0 aromatic carbocycles. The predicted molar refractivity (Wildman–Crippen MR) is 64.9 cm³/mol. The van der Waals surface area contributed by atoms with E-state index in [1.54, 1.807) is 18.2 Å². The van der Waals surface area contributed by atoms with Crippen LogP contribution in [0.25, 0.3) is 0 Å². The van der Waals surface area contributed by atoms with Gasteiger partial charge in [-0.25, -0.2) is 0 Å². The minimum absolute atomic E-state index is 0.0846. The lowest BCUT2D eigenvalue weighted by Crippen LogP contribution is -2.46. The Labute approximate surface area is 106 Å². The van der Waals surface area contributed by atoms with Crippen LogP contribution in [0.1, 0.15) is 6.92 Å². The number of aliphatic hydroxyl groups excluding tert-OH is 4. The van der Waals surface area contributed by atoms with Gasteiger partial charge < -0.3 is 30.0 Å². The third-order valence-corrected chi connectivity index (χ3v) is 2.18. The van der Waals surface area contributed by atoms with Gasteiger partial charge in [-0.2, -0.15) is 0 Å². The predicted octanol–water partition coefficient (Wildman–Crippen LogP) is -1.22. The second-order valence-corrected chi connectivity index (χ2v) is 3.67. The van der Waals surface area contributed by atoms with E-state index in [0.717, 1.165) is 0 Å². The standard InChI is InChI=1S/C12H20O6/c1-2-3-4-5-6-18-8-10(15)12(17)11(16)9(14)7-13/h2-5,7,9-12,14-17H,6,8H2,1H3/t9-,10+,11+,12+/m0/s1. The zero-order valence-electron chi connectivity index (χ0n) is 10.2. The van der Waals surface area contributed by atoms with E-state index in [9.17, 15) is 20.1 Å². The first-order chi connectivity index (χ1) is 8.54. The van der Waals surface area contributed by atoms with E-state index in [4.69, 9.17) is 9.84 Å². The van der Waals surface area contributed by atoms with Crippen LogP contribution in [0.2, 0.25) is 0 Å². The first kappa shape index (κ1) is 16.9. The molecule has 0 radical (unpaired) electrons. The molecule has 104 valence electrons. The van der Waals surface area contributed by atoms with Crippen LogP contribution in [0, 0.1) is 0 Å². The number of rotatable bonds is 9. The number of allylic oxidation sites excluding steroid dienone is 3. The Morgan fingerprint density at radius 2 is 1.78 bits per heavy atom. The first-order valence-electron chi connectivity index (χ1n) is 5.57. The molecule has 0 aliphatic carbocycles. The Hall–Kier alpha value is -1.05. The van der Waals surface area contributed by atoms with Gasteiger partial charge in [0.15, 0.2) is 6.29 Å². The summed E-state index contributed by atoms with van der Waals surface area (Å²) >= 11 is 0. The van der Waals surface area contributed by atoms with Crippen LogP contribution < -0.4 is 0 Å². The summed E-state index contributed by atoms with van der Waals surface area (Å²) in [6.45, 7) is 1.88. The summed E-state index contributed by atoms with van der Waals surface area (Å²) in [5.41, 5.74) is 0. The van der Waals surface area contributed by atoms with Crippen LogP contribution in [0.15, 0.2) is 24.3 Å². The van der Waals surface area contributed by atoms with E-state index >= 15 is 0 Å². The molecule has 0 fully saturated rings. The van der Waals surface area contributed by atoms with E-state index in [-0.39, 0.29) is 19.5 Å². The lowest BCUT2D eigenvalue weighted by molar-refractivity contribution is -0.138. The van der Waals surface area contributed by atoms with Gasteiger partial charge in [0, 0.05) is 0 Å². The molecule has 0 rings (SSSR count). The molecule has 0 amide bonds. The lowest BCUT2D eigenvalue weighted by Gasteiger charge is -2.23. The van der Waals surface area contributed by atoms with Gasteiger partial charge in [0.1, 0.15) is 24.4 Å². The van der Waals surface area contributed by atoms with Crippen molar-refractivity contribution in [1.29, 1.82) is 0 Å². The molecule has 0 saturated carbocycles. The molecule has 4 atom stereocenters. The number of carbonyl (C=O) groups excluding carboxylic acids is 1. The van der Waals surface area contributed by atoms with Crippen LogP contribution in [-0.4, -0.2) is 64.3 Å². The van der Waals surface area contributed by atoms with Crippen molar-refractivity contribution >= 4 is 6.29 Å². The Balaban J connectivity index is 3.93. The Morgan fingerprint density at radius 1 is 1.11 bits per heavy atom. The highest BCUT2D eigenvalue weighted by molar-refractivity contribution is 5.56. The van der Waals surface area contributed by atoms with Crippen LogP contribution in [-0.2, 0) is 9.53 Å². The fraction of sp³-hybridized carbons (Fsp3) is 0.583. The monoisotopic (exact) mass is 260 g/mol. The van der Waals surface area contributed by atoms with Crippen molar-refractivity contribution < 1.29 is 30.0 Å². The third kappa shape index (κ3) is 6.63. The van der Waals surface area contributed by atoms with Gasteiger partial charge in [0.05, 0.1) is 13.2 Å². The lowest BCUT2D eigenvalue weighted by atomic mass is 10.0. The molecular weight excluding hydrogens is 240 g/mol. The second kappa shape index (κ2) is 9.93. The fourth-order valence-electron chi connectivity index (χ4n) is 1.11. The van der Waals surface area contributed by atoms with Crippen molar-refractivity contribution in [1.82, 2.24) is 0 Å². The maximum Gasteiger partial charge on any atom is 0.151 e. The molecular formula is C12H20O6. The maximum absolute atomic E-state index is 10.2. The van der Waals surface area contributed by atoms with Gasteiger partial charge in [0.2, 0.25) is 0 Å². The van der Waals surface area contributed by atoms with Crippen molar-refractivity contribution in [2.75, 3.05) is 13.2 Å². The van der Waals surface area contributed by atoms with E-state index in [1.165, 1.54) is 0 Å². The number of ether oxygens (including phenoxy) is 1. The SMILES string of the molecule is CC=CC=CCOC[C@@H](O)[C@@H](O)[C@H](O)[C@@H](O)C=O. The normalized spacial score (nSPS) is 18.9. The van der Waals surface area contributed by atoms with E-state index in [2.05, 4.69) is 0 Å². The second-order valence-electron chi connectivity index (χ2n) is 3.67. The minimum Gasteiger partial charge on any atom is -0.388 e. The summed E-state index contributed by atoms with van der Waals surface area (Å²) in [7, 11) is 0. The molecule has 0 unspecified atom stereocenters. The van der Waals surface area contributed by atoms with Gasteiger partial charge in [0.25, 0.3) is 0 Å². The largest absolute Gasteiger partial charge is 0.388 e. The highest BCUT2D eigenvalue weighted by atomic mass is 16.5. The number of aldehydes is 1. The third-order valence-electron chi connectivity index (χ3n) is 2.18. The van der Waals surface area contributed by atoms with Crippen molar-refractivity contribution in [3.63, 3.8) is 0 Å². The van der Waals surface area contributed by atoms with Gasteiger partial charge in [-0.3, -0.25) is 0 Å². The molecule has 0 aromatic heterocycles. The smallest absolute Gasteiger partial charge is 0.151 e. The minimum atomic E-state index is -1.74. The first-order valence-corrected chi connectivity index (χ1v) is 5.57. The van der Waals surface area contributed by atoms with Crippen LogP contribution in [0.4, 0.5) is 0 Å². The molecule has 0 spiro atoms. The zero-order chi connectivity index (χ0) is 14.0. The number of hydrogen-bond donors (Lipinski definition) is 4. The van der Waals surface area contributed by atoms with Crippen LogP contribution >= 0.6 is 0 Å². The molecule has 0 saturated heterocycles. The van der Waals surface area contributed by atoms with Gasteiger partial charge in [-0.15, -0.1) is 0 Å². The average Bonchev–Trinajstić information content (AvgIpc) is 2.39. The summed E-state index contributed by atoms with van der Waals surface area (Å²) < 4.78 is 5.01. The van der Waals surface area contributed by atoms with Gasteiger partial charge in [-0.05, 0) is 6.92 Å². The summed E-state index contributed by atoms with van der Waals surface area (Å²) in [6, 6.07) is 0. The van der Waals surface area contributed by atoms with E-state index < -0.39 is 24.4 Å². The van der Waals surface area contributed by atoms with Gasteiger partial charge >= 0.3 is 0 Å². The van der Waals surface area contributed by atoms with Gasteiger partial charge in [-0.1, -0.05) is 24.3 Å². The van der Waals surface area contributed by atoms with Crippen molar-refractivity contribution in [2.45, 2.75) is 31.3 Å². The molecule has 0 bridgehead atoms. The average molecular weight is 260 g/mol. The Bertz CT molecular complexity index is 276. The van der Waals surface area contributed by atoms with Crippen LogP contribution in [0.3, 0.4) is 0 Å². The topological polar surface area (TPSA) is 107 Å². The molecule has 6 nitrogen and oxygen atoms in total. The summed E-state index contributed by atoms with van der Waals surface area (Å²) in [6.07, 6.45) is 0.689. The molecule has 0 aliphatic rings. The molecule has 0 aromatic rings. The number of carbonyl (C=O) groups is 1. The Morgan fingerprint density at radius 3 is 2.33 bits per heavy atom. The van der Waals surface area contributed by atoms with Crippen LogP contribution in [0.5, 0.6) is 0 Å². The highest BCUT2D eigenvalue weighted by Crippen LogP contribution is 2.04.